The van der Waals surface area contributed by atoms with E-state index in [2.05, 4.69) is 0 Å². The number of halogens is 2. The van der Waals surface area contributed by atoms with Crippen molar-refractivity contribution >= 4 is 34.9 Å². The van der Waals surface area contributed by atoms with Crippen molar-refractivity contribution in [2.75, 3.05) is 5.73 Å². The molecule has 1 aromatic rings. The third-order valence-corrected chi connectivity index (χ3v) is 2.11. The molecule has 0 aliphatic rings. The molecule has 0 radical (unpaired) electrons. The van der Waals surface area contributed by atoms with Crippen molar-refractivity contribution in [3.05, 3.63) is 27.7 Å². The van der Waals surface area contributed by atoms with Gasteiger partial charge < -0.3 is 15.6 Å². The van der Waals surface area contributed by atoms with Crippen LogP contribution in [0.4, 0.5) is 5.69 Å². The summed E-state index contributed by atoms with van der Waals surface area (Å²) in [4.78, 5) is 10.3. The highest BCUT2D eigenvalue weighted by Crippen LogP contribution is 2.28. The minimum absolute atomic E-state index is 0.0816. The summed E-state index contributed by atoms with van der Waals surface area (Å²) in [5.41, 5.74) is 5.40. The van der Waals surface area contributed by atoms with Gasteiger partial charge in [0.25, 0.3) is 0 Å². The predicted octanol–water partition coefficient (Wildman–Crippen LogP) is 0.939. The average molecular weight is 205 g/mol. The summed E-state index contributed by atoms with van der Waals surface area (Å²) < 4.78 is 0. The molecule has 0 atom stereocenters. The summed E-state index contributed by atoms with van der Waals surface area (Å²) in [5.74, 6) is -1.33. The second-order valence-electron chi connectivity index (χ2n) is 2.15. The topological polar surface area (TPSA) is 66.2 Å². The molecule has 1 aromatic carbocycles. The first-order chi connectivity index (χ1) is 5.52. The molecule has 64 valence electrons. The van der Waals surface area contributed by atoms with E-state index in [9.17, 15) is 9.90 Å². The van der Waals surface area contributed by atoms with Gasteiger partial charge in [0.05, 0.1) is 21.7 Å². The fourth-order valence-corrected chi connectivity index (χ4v) is 1.06. The lowest BCUT2D eigenvalue weighted by Crippen LogP contribution is -2.22. The highest BCUT2D eigenvalue weighted by Gasteiger charge is 2.04. The summed E-state index contributed by atoms with van der Waals surface area (Å²) in [5, 5.41) is 10.6. The van der Waals surface area contributed by atoms with E-state index in [0.29, 0.717) is 0 Å². The lowest BCUT2D eigenvalue weighted by molar-refractivity contribution is -0.255. The van der Waals surface area contributed by atoms with Gasteiger partial charge in [-0.25, -0.2) is 0 Å². The van der Waals surface area contributed by atoms with Crippen LogP contribution in [0.25, 0.3) is 0 Å². The zero-order valence-corrected chi connectivity index (χ0v) is 7.32. The van der Waals surface area contributed by atoms with Crippen LogP contribution in [0.2, 0.25) is 10.0 Å². The quantitative estimate of drug-likeness (QED) is 0.693. The first-order valence-electron chi connectivity index (χ1n) is 2.98. The highest BCUT2D eigenvalue weighted by atomic mass is 35.5. The second kappa shape index (κ2) is 3.21. The molecule has 0 bridgehead atoms. The summed E-state index contributed by atoms with van der Waals surface area (Å²) >= 11 is 11.1. The molecule has 5 heteroatoms. The zero-order chi connectivity index (χ0) is 9.30. The van der Waals surface area contributed by atoms with E-state index in [-0.39, 0.29) is 21.3 Å². The van der Waals surface area contributed by atoms with Gasteiger partial charge in [-0.05, 0) is 12.1 Å². The Kier molecular flexibility index (Phi) is 2.45. The zero-order valence-electron chi connectivity index (χ0n) is 5.80. The summed E-state index contributed by atoms with van der Waals surface area (Å²) in [6.07, 6.45) is 0. The number of carbonyl (C=O) groups is 1. The maximum Gasteiger partial charge on any atom is 0.0821 e. The Morgan fingerprint density at radius 3 is 2.42 bits per heavy atom. The lowest BCUT2D eigenvalue weighted by atomic mass is 10.2. The number of nitrogens with two attached hydrogens (primary N) is 1. The molecule has 0 heterocycles. The fourth-order valence-electron chi connectivity index (χ4n) is 0.728. The Hall–Kier alpha value is -0.930. The molecule has 12 heavy (non-hydrogen) atoms. The molecule has 0 saturated heterocycles. The van der Waals surface area contributed by atoms with Gasteiger partial charge in [-0.3, -0.25) is 0 Å². The molecule has 0 amide bonds. The normalized spacial score (nSPS) is 9.83. The molecular weight excluding hydrogens is 201 g/mol. The molecule has 3 nitrogen and oxygen atoms in total. The van der Waals surface area contributed by atoms with Crippen LogP contribution in [0, 0.1) is 0 Å². The maximum absolute atomic E-state index is 10.3. The smallest absolute Gasteiger partial charge is 0.0821 e. The van der Waals surface area contributed by atoms with Crippen molar-refractivity contribution in [2.24, 2.45) is 0 Å². The Morgan fingerprint density at radius 1 is 1.42 bits per heavy atom. The van der Waals surface area contributed by atoms with Gasteiger partial charge in [-0.15, -0.1) is 0 Å². The maximum atomic E-state index is 10.3. The van der Waals surface area contributed by atoms with Crippen molar-refractivity contribution in [1.29, 1.82) is 0 Å². The van der Waals surface area contributed by atoms with Crippen molar-refractivity contribution in [3.8, 4) is 0 Å². The van der Waals surface area contributed by atoms with Crippen molar-refractivity contribution in [3.63, 3.8) is 0 Å². The summed E-state index contributed by atoms with van der Waals surface area (Å²) in [6, 6.07) is 2.39. The van der Waals surface area contributed by atoms with Crippen molar-refractivity contribution < 1.29 is 9.90 Å². The fraction of sp³-hybridized carbons (Fsp3) is 0. The molecular formula is C7H4Cl2NO2-. The number of carboxylic acid groups (broad SMARTS) is 1. The molecule has 0 aliphatic carbocycles. The van der Waals surface area contributed by atoms with Crippen LogP contribution in [0.3, 0.4) is 0 Å². The highest BCUT2D eigenvalue weighted by molar-refractivity contribution is 6.43. The second-order valence-corrected chi connectivity index (χ2v) is 2.93. The molecule has 2 N–H and O–H groups in total. The number of carbonyl (C=O) groups excluding carboxylic acids is 1. The minimum atomic E-state index is -1.33. The third kappa shape index (κ3) is 1.62. The lowest BCUT2D eigenvalue weighted by Gasteiger charge is -2.06. The van der Waals surface area contributed by atoms with Crippen LogP contribution >= 0.6 is 23.2 Å². The van der Waals surface area contributed by atoms with E-state index in [1.165, 1.54) is 12.1 Å². The third-order valence-electron chi connectivity index (χ3n) is 1.29. The molecule has 0 saturated carbocycles. The number of hydrogen-bond acceptors (Lipinski definition) is 3. The van der Waals surface area contributed by atoms with Gasteiger partial charge in [0.2, 0.25) is 0 Å². The predicted molar refractivity (Wildman–Crippen MR) is 45.2 cm³/mol. The molecule has 0 spiro atoms. The van der Waals surface area contributed by atoms with E-state index in [1.54, 1.807) is 0 Å². The van der Waals surface area contributed by atoms with E-state index in [1.807, 2.05) is 0 Å². The molecule has 0 aromatic heterocycles. The number of benzene rings is 1. The van der Waals surface area contributed by atoms with Crippen LogP contribution in [0.15, 0.2) is 12.1 Å². The van der Waals surface area contributed by atoms with Crippen LogP contribution < -0.4 is 10.8 Å². The Balaban J connectivity index is 3.31. The number of aromatic carboxylic acids is 1. The van der Waals surface area contributed by atoms with E-state index in [0.717, 1.165) is 0 Å². The van der Waals surface area contributed by atoms with Crippen LogP contribution in [-0.2, 0) is 0 Å². The van der Waals surface area contributed by atoms with Gasteiger partial charge >= 0.3 is 0 Å². The molecule has 1 rings (SSSR count). The molecule has 0 aliphatic heterocycles. The van der Waals surface area contributed by atoms with Gasteiger partial charge in [0.1, 0.15) is 0 Å². The van der Waals surface area contributed by atoms with E-state index >= 15 is 0 Å². The first kappa shape index (κ1) is 9.16. The van der Waals surface area contributed by atoms with Crippen molar-refractivity contribution in [2.45, 2.75) is 0 Å². The average Bonchev–Trinajstić information content (AvgIpc) is 1.99. The van der Waals surface area contributed by atoms with Gasteiger partial charge in [0.15, 0.2) is 0 Å². The Bertz CT molecular complexity index is 315. The van der Waals surface area contributed by atoms with Crippen LogP contribution in [0.1, 0.15) is 10.4 Å². The van der Waals surface area contributed by atoms with Gasteiger partial charge in [-0.1, -0.05) is 23.2 Å². The SMILES string of the molecule is Nc1cc(C(=O)[O-])cc(Cl)c1Cl. The van der Waals surface area contributed by atoms with Crippen LogP contribution in [-0.4, -0.2) is 5.97 Å². The van der Waals surface area contributed by atoms with E-state index in [4.69, 9.17) is 28.9 Å². The van der Waals surface area contributed by atoms with Crippen LogP contribution in [0.5, 0.6) is 0 Å². The first-order valence-corrected chi connectivity index (χ1v) is 3.74. The number of nitrogen functional groups attached to an aromatic ring is 1. The number of anilines is 1. The Morgan fingerprint density at radius 2 is 2.00 bits per heavy atom. The number of hydrogen-bond donors (Lipinski definition) is 1. The summed E-state index contributed by atoms with van der Waals surface area (Å²) in [7, 11) is 0. The number of carboxylic acids is 1. The monoisotopic (exact) mass is 204 g/mol. The van der Waals surface area contributed by atoms with E-state index < -0.39 is 5.97 Å². The number of rotatable bonds is 1. The van der Waals surface area contributed by atoms with Crippen molar-refractivity contribution in [1.82, 2.24) is 0 Å². The summed E-state index contributed by atoms with van der Waals surface area (Å²) in [6.45, 7) is 0. The largest absolute Gasteiger partial charge is 0.545 e. The standard InChI is InChI=1S/C7H5Cl2NO2/c8-4-1-3(7(11)12)2-5(10)6(4)9/h1-2H,10H2,(H,11,12)/p-1. The van der Waals surface area contributed by atoms with Gasteiger partial charge in [-0.2, -0.15) is 0 Å². The Labute approximate surface area is 78.7 Å². The molecule has 0 unspecified atom stereocenters. The minimum Gasteiger partial charge on any atom is -0.545 e. The van der Waals surface area contributed by atoms with Gasteiger partial charge in [0, 0.05) is 5.56 Å². The molecule has 0 fully saturated rings.